The fourth-order valence-corrected chi connectivity index (χ4v) is 1.14. The lowest BCUT2D eigenvalue weighted by atomic mass is 9.94. The second-order valence-electron chi connectivity index (χ2n) is 4.21. The first-order valence-corrected chi connectivity index (χ1v) is 5.23. The molecule has 150 valence electrons. The first-order chi connectivity index (χ1) is 10.7. The van der Waals surface area contributed by atoms with Gasteiger partial charge in [-0.05, 0) is 0 Å². The van der Waals surface area contributed by atoms with Gasteiger partial charge in [-0.2, -0.15) is 52.7 Å². The molecule has 0 bridgehead atoms. The minimum absolute atomic E-state index is 4.68. The zero-order valence-corrected chi connectivity index (χ0v) is 10.7. The Morgan fingerprint density at radius 2 is 0.920 bits per heavy atom. The van der Waals surface area contributed by atoms with E-state index in [1.165, 1.54) is 0 Å². The molecule has 0 aliphatic carbocycles. The van der Waals surface area contributed by atoms with Crippen molar-refractivity contribution < 1.29 is 70.2 Å². The highest BCUT2D eigenvalue weighted by molar-refractivity contribution is 5.21. The summed E-state index contributed by atoms with van der Waals surface area (Å²) in [5.41, 5.74) is 0. The van der Waals surface area contributed by atoms with Crippen LogP contribution in [-0.2, 0) is 0 Å². The van der Waals surface area contributed by atoms with Crippen LogP contribution in [0.4, 0.5) is 70.2 Å². The number of alkyl halides is 14. The largest absolute Gasteiger partial charge is 0.445 e. The van der Waals surface area contributed by atoms with Crippen LogP contribution in [0.15, 0.2) is 11.7 Å². The molecule has 0 aromatic carbocycles. The Labute approximate surface area is 126 Å². The maximum absolute atomic E-state index is 12.9. The van der Waals surface area contributed by atoms with Crippen LogP contribution in [0.1, 0.15) is 0 Å². The third-order valence-corrected chi connectivity index (χ3v) is 2.49. The monoisotopic (exact) mass is 414 g/mol. The van der Waals surface area contributed by atoms with Crippen molar-refractivity contribution in [1.29, 1.82) is 0 Å². The van der Waals surface area contributed by atoms with Crippen molar-refractivity contribution in [2.24, 2.45) is 0 Å². The molecule has 0 nitrogen and oxygen atoms in total. The fourth-order valence-electron chi connectivity index (χ4n) is 1.14. The molecule has 1 atom stereocenters. The molecule has 0 amide bonds. The normalized spacial score (nSPS) is 17.6. The topological polar surface area (TPSA) is 0 Å². The van der Waals surface area contributed by atoms with E-state index < -0.39 is 54.1 Å². The first kappa shape index (κ1) is 23.6. The Morgan fingerprint density at radius 3 is 1.20 bits per heavy atom. The highest BCUT2D eigenvalue weighted by Gasteiger charge is 2.84. The summed E-state index contributed by atoms with van der Waals surface area (Å²) in [5, 5.41) is 0. The average molecular weight is 414 g/mol. The molecule has 0 aromatic rings. The quantitative estimate of drug-likeness (QED) is 0.479. The predicted molar refractivity (Wildman–Crippen MR) is 46.0 cm³/mol. The minimum atomic E-state index is -7.95. The van der Waals surface area contributed by atoms with Crippen molar-refractivity contribution in [3.05, 3.63) is 11.7 Å². The number of hydrogen-bond donors (Lipinski definition) is 0. The van der Waals surface area contributed by atoms with E-state index in [0.717, 1.165) is 0 Å². The molecule has 0 aliphatic rings. The Morgan fingerprint density at radius 1 is 0.560 bits per heavy atom. The SMILES string of the molecule is FC(=C(F)C(F)(F)C(F)(F)C(F)(F)C(F)(F)C(F)C(F)F)C(F)(F)F. The van der Waals surface area contributed by atoms with Gasteiger partial charge in [0.1, 0.15) is 0 Å². The van der Waals surface area contributed by atoms with E-state index >= 15 is 0 Å². The molecule has 0 heterocycles. The van der Waals surface area contributed by atoms with E-state index in [1.807, 2.05) is 0 Å². The summed E-state index contributed by atoms with van der Waals surface area (Å²) in [6.45, 7) is 0. The first-order valence-electron chi connectivity index (χ1n) is 5.23. The van der Waals surface area contributed by atoms with Gasteiger partial charge in [-0.1, -0.05) is 0 Å². The third kappa shape index (κ3) is 3.61. The van der Waals surface area contributed by atoms with Crippen molar-refractivity contribution >= 4 is 0 Å². The molecule has 0 saturated carbocycles. The maximum Gasteiger partial charge on any atom is 0.445 e. The smallest absolute Gasteiger partial charge is 0.234 e. The van der Waals surface area contributed by atoms with Gasteiger partial charge < -0.3 is 0 Å². The van der Waals surface area contributed by atoms with Crippen LogP contribution in [0.5, 0.6) is 0 Å². The Balaban J connectivity index is 6.37. The summed E-state index contributed by atoms with van der Waals surface area (Å²) in [6.07, 6.45) is -17.4. The summed E-state index contributed by atoms with van der Waals surface area (Å²) >= 11 is 0. The number of allylic oxidation sites excluding steroid dienone is 2. The number of rotatable bonds is 6. The summed E-state index contributed by atoms with van der Waals surface area (Å²) in [7, 11) is 0. The number of hydrogen-bond acceptors (Lipinski definition) is 0. The van der Waals surface area contributed by atoms with Crippen LogP contribution in [0.2, 0.25) is 0 Å². The van der Waals surface area contributed by atoms with Gasteiger partial charge in [0.25, 0.3) is 6.43 Å². The molecule has 25 heavy (non-hydrogen) atoms. The standard InChI is InChI=1S/C9H2F16/c10-1(2(11)7(19,20)21)5(15,16)8(22,23)9(24,25)6(17,18)3(12)4(13)14/h3-4H. The summed E-state index contributed by atoms with van der Waals surface area (Å²) < 4.78 is 198. The van der Waals surface area contributed by atoms with Crippen LogP contribution < -0.4 is 0 Å². The van der Waals surface area contributed by atoms with Crippen LogP contribution in [0.3, 0.4) is 0 Å². The van der Waals surface area contributed by atoms with Crippen molar-refractivity contribution in [2.45, 2.75) is 42.5 Å². The molecule has 0 fully saturated rings. The Hall–Kier alpha value is -1.38. The predicted octanol–water partition coefficient (Wildman–Crippen LogP) is 5.84. The highest BCUT2D eigenvalue weighted by atomic mass is 19.4. The van der Waals surface area contributed by atoms with Crippen molar-refractivity contribution in [2.75, 3.05) is 0 Å². The Kier molecular flexibility index (Phi) is 6.05. The van der Waals surface area contributed by atoms with Gasteiger partial charge >= 0.3 is 29.9 Å². The van der Waals surface area contributed by atoms with Crippen LogP contribution in [0.25, 0.3) is 0 Å². The molecule has 0 aromatic heterocycles. The van der Waals surface area contributed by atoms with Crippen molar-refractivity contribution in [1.82, 2.24) is 0 Å². The molecule has 16 heteroatoms. The van der Waals surface area contributed by atoms with Gasteiger partial charge in [0.15, 0.2) is 0 Å². The summed E-state index contributed by atoms with van der Waals surface area (Å²) in [4.78, 5) is 0. The van der Waals surface area contributed by atoms with Gasteiger partial charge in [-0.3, -0.25) is 0 Å². The lowest BCUT2D eigenvalue weighted by Gasteiger charge is -2.37. The number of halogens is 16. The summed E-state index contributed by atoms with van der Waals surface area (Å²) in [6, 6.07) is 0. The lowest BCUT2D eigenvalue weighted by molar-refractivity contribution is -0.375. The molecule has 1 unspecified atom stereocenters. The molecule has 0 spiro atoms. The van der Waals surface area contributed by atoms with Gasteiger partial charge in [-0.25, -0.2) is 17.6 Å². The molecular formula is C9H2F16. The Bertz CT molecular complexity index is 510. The van der Waals surface area contributed by atoms with E-state index in [1.54, 1.807) is 0 Å². The highest BCUT2D eigenvalue weighted by Crippen LogP contribution is 2.57. The van der Waals surface area contributed by atoms with E-state index in [2.05, 4.69) is 0 Å². The maximum atomic E-state index is 12.9. The van der Waals surface area contributed by atoms with Crippen LogP contribution in [-0.4, -0.2) is 42.5 Å². The average Bonchev–Trinajstić information content (AvgIpc) is 2.42. The fraction of sp³-hybridized carbons (Fsp3) is 0.778. The van der Waals surface area contributed by atoms with Crippen LogP contribution >= 0.6 is 0 Å². The summed E-state index contributed by atoms with van der Waals surface area (Å²) in [5.74, 6) is -40.3. The van der Waals surface area contributed by atoms with Gasteiger partial charge in [0.2, 0.25) is 17.8 Å². The van der Waals surface area contributed by atoms with Crippen molar-refractivity contribution in [3.63, 3.8) is 0 Å². The lowest BCUT2D eigenvalue weighted by Crippen LogP contribution is -2.66. The third-order valence-electron chi connectivity index (χ3n) is 2.49. The molecule has 0 radical (unpaired) electrons. The van der Waals surface area contributed by atoms with Gasteiger partial charge in [0.05, 0.1) is 0 Å². The minimum Gasteiger partial charge on any atom is -0.234 e. The van der Waals surface area contributed by atoms with E-state index in [-0.39, 0.29) is 0 Å². The van der Waals surface area contributed by atoms with E-state index in [9.17, 15) is 70.2 Å². The molecule has 0 rings (SSSR count). The molecular weight excluding hydrogens is 412 g/mol. The molecule has 0 aliphatic heterocycles. The zero-order chi connectivity index (χ0) is 20.8. The van der Waals surface area contributed by atoms with E-state index in [4.69, 9.17) is 0 Å². The molecule has 0 N–H and O–H groups in total. The van der Waals surface area contributed by atoms with Crippen LogP contribution in [0, 0.1) is 0 Å². The van der Waals surface area contributed by atoms with Crippen molar-refractivity contribution in [3.8, 4) is 0 Å². The molecule has 0 saturated heterocycles. The van der Waals surface area contributed by atoms with Gasteiger partial charge in [0, 0.05) is 0 Å². The van der Waals surface area contributed by atoms with Gasteiger partial charge in [-0.15, -0.1) is 0 Å². The van der Waals surface area contributed by atoms with E-state index in [0.29, 0.717) is 0 Å². The second kappa shape index (κ2) is 6.41. The second-order valence-corrected chi connectivity index (χ2v) is 4.21. The zero-order valence-electron chi connectivity index (χ0n) is 10.7.